The smallest absolute Gasteiger partial charge is 0.422 e. The maximum absolute atomic E-state index is 12.6. The summed E-state index contributed by atoms with van der Waals surface area (Å²) in [6, 6.07) is 17.7. The first-order chi connectivity index (χ1) is 17.7. The maximum Gasteiger partial charge on any atom is 0.422 e. The second-order valence-electron chi connectivity index (χ2n) is 8.03. The van der Waals surface area contributed by atoms with Crippen molar-refractivity contribution in [3.8, 4) is 11.5 Å². The summed E-state index contributed by atoms with van der Waals surface area (Å²) in [6.45, 7) is 0.474. The average molecular weight is 509 g/mol. The molecule has 0 spiro atoms. The minimum Gasteiger partial charge on any atom is -0.493 e. The summed E-state index contributed by atoms with van der Waals surface area (Å²) >= 11 is 0. The molecule has 1 aromatic heterocycles. The van der Waals surface area contributed by atoms with Crippen molar-refractivity contribution in [2.24, 2.45) is 0 Å². The van der Waals surface area contributed by atoms with Crippen LogP contribution in [0.2, 0.25) is 0 Å². The SMILES string of the molecule is COc1cc2c(Nc3ccc(/C=C/C(=O)Nc4ccccc4C)cc3)ncnc2cc1OCC(F)(F)F. The number of hydrogen-bond donors (Lipinski definition) is 2. The molecule has 0 unspecified atom stereocenters. The van der Waals surface area contributed by atoms with E-state index in [9.17, 15) is 18.0 Å². The first-order valence-electron chi connectivity index (χ1n) is 11.2. The van der Waals surface area contributed by atoms with Crippen LogP contribution in [0.15, 0.2) is 73.1 Å². The van der Waals surface area contributed by atoms with E-state index in [0.29, 0.717) is 22.4 Å². The standard InChI is InChI=1S/C27H23F3N4O3/c1-17-5-3-4-6-21(17)34-25(35)12-9-18-7-10-19(11-8-18)33-26-20-13-23(36-2)24(37-15-27(28,29)30)14-22(20)31-16-32-26/h3-14,16H,15H2,1-2H3,(H,34,35)(H,31,32,33)/b12-9+. The van der Waals surface area contributed by atoms with Gasteiger partial charge in [0.25, 0.3) is 0 Å². The van der Waals surface area contributed by atoms with Gasteiger partial charge in [0.15, 0.2) is 18.1 Å². The number of methoxy groups -OCH3 is 1. The van der Waals surface area contributed by atoms with Crippen molar-refractivity contribution in [3.63, 3.8) is 0 Å². The van der Waals surface area contributed by atoms with Gasteiger partial charge >= 0.3 is 6.18 Å². The maximum atomic E-state index is 12.6. The van der Waals surface area contributed by atoms with Gasteiger partial charge in [-0.3, -0.25) is 4.79 Å². The minimum atomic E-state index is -4.48. The summed E-state index contributed by atoms with van der Waals surface area (Å²) in [6.07, 6.45) is -0.0262. The van der Waals surface area contributed by atoms with E-state index in [0.717, 1.165) is 16.8 Å². The quantitative estimate of drug-likeness (QED) is 0.272. The molecule has 37 heavy (non-hydrogen) atoms. The van der Waals surface area contributed by atoms with Gasteiger partial charge in [0.05, 0.1) is 12.6 Å². The fraction of sp³-hybridized carbons (Fsp3) is 0.148. The molecule has 0 atom stereocenters. The van der Waals surface area contributed by atoms with Crippen molar-refractivity contribution in [2.75, 3.05) is 24.4 Å². The summed E-state index contributed by atoms with van der Waals surface area (Å²) < 4.78 is 47.9. The highest BCUT2D eigenvalue weighted by atomic mass is 19.4. The zero-order valence-corrected chi connectivity index (χ0v) is 20.0. The highest BCUT2D eigenvalue weighted by Crippen LogP contribution is 2.35. The Morgan fingerprint density at radius 3 is 2.49 bits per heavy atom. The molecule has 0 fully saturated rings. The molecular weight excluding hydrogens is 485 g/mol. The van der Waals surface area contributed by atoms with Gasteiger partial charge < -0.3 is 20.1 Å². The Morgan fingerprint density at radius 2 is 1.78 bits per heavy atom. The Bertz CT molecular complexity index is 1440. The zero-order valence-electron chi connectivity index (χ0n) is 20.0. The lowest BCUT2D eigenvalue weighted by Gasteiger charge is -2.14. The van der Waals surface area contributed by atoms with E-state index < -0.39 is 12.8 Å². The monoisotopic (exact) mass is 508 g/mol. The molecule has 0 radical (unpaired) electrons. The Kier molecular flexibility index (Phi) is 7.57. The number of nitrogens with zero attached hydrogens (tertiary/aromatic N) is 2. The molecule has 3 aromatic carbocycles. The molecule has 4 rings (SSSR count). The van der Waals surface area contributed by atoms with Crippen LogP contribution in [0.25, 0.3) is 17.0 Å². The second-order valence-corrected chi connectivity index (χ2v) is 8.03. The summed E-state index contributed by atoms with van der Waals surface area (Å²) in [5, 5.41) is 6.55. The van der Waals surface area contributed by atoms with Gasteiger partial charge in [0.1, 0.15) is 12.1 Å². The van der Waals surface area contributed by atoms with Gasteiger partial charge in [-0.2, -0.15) is 13.2 Å². The number of halogens is 3. The predicted molar refractivity (Wildman–Crippen MR) is 136 cm³/mol. The molecule has 7 nitrogen and oxygen atoms in total. The van der Waals surface area contributed by atoms with Crippen LogP contribution in [0.3, 0.4) is 0 Å². The molecule has 0 saturated heterocycles. The highest BCUT2D eigenvalue weighted by Gasteiger charge is 2.29. The first kappa shape index (κ1) is 25.5. The zero-order chi connectivity index (χ0) is 26.4. The van der Waals surface area contributed by atoms with Crippen molar-refractivity contribution in [2.45, 2.75) is 13.1 Å². The fourth-order valence-electron chi connectivity index (χ4n) is 3.47. The number of hydrogen-bond acceptors (Lipinski definition) is 6. The number of carbonyl (C=O) groups is 1. The van der Waals surface area contributed by atoms with Crippen LogP contribution in [-0.4, -0.2) is 35.8 Å². The van der Waals surface area contributed by atoms with Crippen molar-refractivity contribution in [1.29, 1.82) is 0 Å². The number of ether oxygens (including phenoxy) is 2. The van der Waals surface area contributed by atoms with E-state index in [1.165, 1.54) is 31.6 Å². The number of alkyl halides is 3. The molecule has 0 bridgehead atoms. The van der Waals surface area contributed by atoms with Crippen molar-refractivity contribution < 1.29 is 27.4 Å². The second kappa shape index (κ2) is 11.0. The number of anilines is 3. The van der Waals surface area contributed by atoms with Gasteiger partial charge in [0, 0.05) is 28.9 Å². The van der Waals surface area contributed by atoms with Crippen LogP contribution in [0, 0.1) is 6.92 Å². The Labute approximate surface area is 211 Å². The highest BCUT2D eigenvalue weighted by molar-refractivity contribution is 6.02. The largest absolute Gasteiger partial charge is 0.493 e. The molecule has 4 aromatic rings. The average Bonchev–Trinajstić information content (AvgIpc) is 2.87. The third-order valence-electron chi connectivity index (χ3n) is 5.32. The fourth-order valence-corrected chi connectivity index (χ4v) is 3.47. The number of fused-ring (bicyclic) bond motifs is 1. The van der Waals surface area contributed by atoms with Crippen LogP contribution in [-0.2, 0) is 4.79 Å². The predicted octanol–water partition coefficient (Wildman–Crippen LogP) is 6.28. The van der Waals surface area contributed by atoms with E-state index in [4.69, 9.17) is 9.47 Å². The molecule has 0 aliphatic carbocycles. The third kappa shape index (κ3) is 6.75. The number of carbonyl (C=O) groups excluding carboxylic acids is 1. The molecule has 1 amide bonds. The number of benzene rings is 3. The molecular formula is C27H23F3N4O3. The minimum absolute atomic E-state index is 0.0698. The van der Waals surface area contributed by atoms with E-state index in [-0.39, 0.29) is 17.4 Å². The van der Waals surface area contributed by atoms with E-state index in [1.54, 1.807) is 6.08 Å². The lowest BCUT2D eigenvalue weighted by atomic mass is 10.1. The van der Waals surface area contributed by atoms with Crippen molar-refractivity contribution in [1.82, 2.24) is 9.97 Å². The van der Waals surface area contributed by atoms with Crippen LogP contribution in [0.5, 0.6) is 11.5 Å². The molecule has 2 N–H and O–H groups in total. The summed E-state index contributed by atoms with van der Waals surface area (Å²) in [4.78, 5) is 20.6. The summed E-state index contributed by atoms with van der Waals surface area (Å²) in [5.74, 6) is 0.252. The number of para-hydroxylation sites is 1. The number of nitrogens with one attached hydrogen (secondary N) is 2. The molecule has 0 saturated carbocycles. The lowest BCUT2D eigenvalue weighted by molar-refractivity contribution is -0.153. The van der Waals surface area contributed by atoms with E-state index in [1.807, 2.05) is 55.5 Å². The molecule has 10 heteroatoms. The van der Waals surface area contributed by atoms with Gasteiger partial charge in [-0.15, -0.1) is 0 Å². The third-order valence-corrected chi connectivity index (χ3v) is 5.32. The normalized spacial score (nSPS) is 11.5. The first-order valence-corrected chi connectivity index (χ1v) is 11.2. The number of aromatic nitrogens is 2. The van der Waals surface area contributed by atoms with Crippen molar-refractivity contribution >= 4 is 40.1 Å². The molecule has 1 heterocycles. The van der Waals surface area contributed by atoms with Gasteiger partial charge in [-0.1, -0.05) is 30.3 Å². The molecule has 190 valence electrons. The molecule has 0 aliphatic heterocycles. The Hall–Kier alpha value is -4.60. The van der Waals surface area contributed by atoms with Crippen LogP contribution in [0.4, 0.5) is 30.4 Å². The number of aryl methyl sites for hydroxylation is 1. The number of rotatable bonds is 8. The van der Waals surface area contributed by atoms with Gasteiger partial charge in [-0.05, 0) is 48.4 Å². The van der Waals surface area contributed by atoms with Crippen LogP contribution >= 0.6 is 0 Å². The van der Waals surface area contributed by atoms with Gasteiger partial charge in [-0.25, -0.2) is 9.97 Å². The molecule has 0 aliphatic rings. The Balaban J connectivity index is 1.47. The van der Waals surface area contributed by atoms with E-state index in [2.05, 4.69) is 20.6 Å². The van der Waals surface area contributed by atoms with Crippen LogP contribution < -0.4 is 20.1 Å². The Morgan fingerprint density at radius 1 is 1.03 bits per heavy atom. The lowest BCUT2D eigenvalue weighted by Crippen LogP contribution is -2.19. The van der Waals surface area contributed by atoms with Crippen molar-refractivity contribution in [3.05, 3.63) is 84.2 Å². The van der Waals surface area contributed by atoms with E-state index >= 15 is 0 Å². The topological polar surface area (TPSA) is 85.4 Å². The van der Waals surface area contributed by atoms with Crippen LogP contribution in [0.1, 0.15) is 11.1 Å². The summed E-state index contributed by atoms with van der Waals surface area (Å²) in [5.41, 5.74) is 3.63. The summed E-state index contributed by atoms with van der Waals surface area (Å²) in [7, 11) is 1.34. The number of amides is 1. The van der Waals surface area contributed by atoms with Gasteiger partial charge in [0.2, 0.25) is 5.91 Å².